The molecule has 0 amide bonds. The molecule has 0 aromatic carbocycles. The number of rotatable bonds is 6. The van der Waals surface area contributed by atoms with Crippen molar-refractivity contribution in [2.45, 2.75) is 45.2 Å². The summed E-state index contributed by atoms with van der Waals surface area (Å²) >= 11 is 0. The summed E-state index contributed by atoms with van der Waals surface area (Å²) in [4.78, 5) is 2.46. The standard InChI is InChI=1S/C12H26N2O/c1-4-5-11(2)14(3)8-6-12-10-15-9-7-13-12/h11-13H,4-10H2,1-3H3. The molecular weight excluding hydrogens is 188 g/mol. The molecule has 15 heavy (non-hydrogen) atoms. The lowest BCUT2D eigenvalue weighted by Crippen LogP contribution is -2.43. The Morgan fingerprint density at radius 2 is 2.33 bits per heavy atom. The largest absolute Gasteiger partial charge is 0.379 e. The SMILES string of the molecule is CCCC(C)N(C)CCC1COCCN1. The van der Waals surface area contributed by atoms with E-state index in [1.165, 1.54) is 25.8 Å². The van der Waals surface area contributed by atoms with E-state index >= 15 is 0 Å². The Morgan fingerprint density at radius 1 is 1.53 bits per heavy atom. The second kappa shape index (κ2) is 7.20. The number of morpholine rings is 1. The van der Waals surface area contributed by atoms with Gasteiger partial charge >= 0.3 is 0 Å². The van der Waals surface area contributed by atoms with Crippen LogP contribution in [0.2, 0.25) is 0 Å². The molecule has 1 rings (SSSR count). The molecule has 1 heterocycles. The second-order valence-corrected chi connectivity index (χ2v) is 4.63. The first-order chi connectivity index (χ1) is 7.24. The van der Waals surface area contributed by atoms with Gasteiger partial charge < -0.3 is 15.0 Å². The highest BCUT2D eigenvalue weighted by atomic mass is 16.5. The summed E-state index contributed by atoms with van der Waals surface area (Å²) in [7, 11) is 2.23. The summed E-state index contributed by atoms with van der Waals surface area (Å²) in [5.74, 6) is 0. The maximum Gasteiger partial charge on any atom is 0.0620 e. The molecule has 90 valence electrons. The normalized spacial score (nSPS) is 24.4. The van der Waals surface area contributed by atoms with E-state index in [0.29, 0.717) is 12.1 Å². The third kappa shape index (κ3) is 4.96. The fourth-order valence-corrected chi connectivity index (χ4v) is 2.02. The zero-order valence-electron chi connectivity index (χ0n) is 10.5. The van der Waals surface area contributed by atoms with Crippen LogP contribution in [0, 0.1) is 0 Å². The third-order valence-corrected chi connectivity index (χ3v) is 3.29. The van der Waals surface area contributed by atoms with Crippen molar-refractivity contribution in [2.75, 3.05) is 33.4 Å². The van der Waals surface area contributed by atoms with E-state index in [0.717, 1.165) is 19.8 Å². The van der Waals surface area contributed by atoms with Crippen molar-refractivity contribution < 1.29 is 4.74 Å². The monoisotopic (exact) mass is 214 g/mol. The Morgan fingerprint density at radius 3 is 2.93 bits per heavy atom. The fourth-order valence-electron chi connectivity index (χ4n) is 2.02. The molecule has 0 bridgehead atoms. The molecule has 0 radical (unpaired) electrons. The van der Waals surface area contributed by atoms with E-state index in [-0.39, 0.29) is 0 Å². The van der Waals surface area contributed by atoms with Crippen LogP contribution in [0.1, 0.15) is 33.1 Å². The first-order valence-corrected chi connectivity index (χ1v) is 6.25. The molecule has 0 saturated carbocycles. The summed E-state index contributed by atoms with van der Waals surface area (Å²) in [6, 6.07) is 1.27. The van der Waals surface area contributed by atoms with Crippen LogP contribution in [-0.4, -0.2) is 50.3 Å². The van der Waals surface area contributed by atoms with E-state index in [1.54, 1.807) is 0 Å². The molecule has 2 unspecified atom stereocenters. The van der Waals surface area contributed by atoms with Gasteiger partial charge in [-0.3, -0.25) is 0 Å². The van der Waals surface area contributed by atoms with E-state index in [4.69, 9.17) is 4.74 Å². The number of nitrogens with one attached hydrogen (secondary N) is 1. The van der Waals surface area contributed by atoms with Gasteiger partial charge in [-0.2, -0.15) is 0 Å². The Bertz CT molecular complexity index is 158. The van der Waals surface area contributed by atoms with Crippen molar-refractivity contribution in [3.05, 3.63) is 0 Å². The van der Waals surface area contributed by atoms with Crippen molar-refractivity contribution in [3.8, 4) is 0 Å². The predicted octanol–water partition coefficient (Wildman–Crippen LogP) is 1.49. The van der Waals surface area contributed by atoms with E-state index in [1.807, 2.05) is 0 Å². The van der Waals surface area contributed by atoms with Crippen LogP contribution in [0.5, 0.6) is 0 Å². The zero-order chi connectivity index (χ0) is 11.1. The molecule has 1 fully saturated rings. The van der Waals surface area contributed by atoms with Crippen LogP contribution in [-0.2, 0) is 4.74 Å². The van der Waals surface area contributed by atoms with E-state index in [9.17, 15) is 0 Å². The summed E-state index contributed by atoms with van der Waals surface area (Å²) in [6.07, 6.45) is 3.77. The number of hydrogen-bond acceptors (Lipinski definition) is 3. The Labute approximate surface area is 94.2 Å². The van der Waals surface area contributed by atoms with Crippen molar-refractivity contribution >= 4 is 0 Å². The number of ether oxygens (including phenoxy) is 1. The van der Waals surface area contributed by atoms with Crippen LogP contribution in [0.3, 0.4) is 0 Å². The van der Waals surface area contributed by atoms with Crippen molar-refractivity contribution in [1.82, 2.24) is 10.2 Å². The minimum Gasteiger partial charge on any atom is -0.379 e. The van der Waals surface area contributed by atoms with Crippen LogP contribution in [0.15, 0.2) is 0 Å². The summed E-state index contributed by atoms with van der Waals surface area (Å²) in [6.45, 7) is 8.50. The molecule has 3 nitrogen and oxygen atoms in total. The quantitative estimate of drug-likeness (QED) is 0.725. The molecule has 1 saturated heterocycles. The third-order valence-electron chi connectivity index (χ3n) is 3.29. The highest BCUT2D eigenvalue weighted by molar-refractivity contribution is 4.72. The van der Waals surface area contributed by atoms with Crippen LogP contribution < -0.4 is 5.32 Å². The summed E-state index contributed by atoms with van der Waals surface area (Å²) < 4.78 is 5.44. The van der Waals surface area contributed by atoms with E-state index < -0.39 is 0 Å². The molecule has 1 aliphatic rings. The van der Waals surface area contributed by atoms with Crippen LogP contribution in [0.25, 0.3) is 0 Å². The average molecular weight is 214 g/mol. The molecule has 0 aromatic heterocycles. The van der Waals surface area contributed by atoms with Gasteiger partial charge in [0.25, 0.3) is 0 Å². The first kappa shape index (κ1) is 12.9. The van der Waals surface area contributed by atoms with Crippen LogP contribution in [0.4, 0.5) is 0 Å². The van der Waals surface area contributed by atoms with Crippen molar-refractivity contribution in [1.29, 1.82) is 0 Å². The Hall–Kier alpha value is -0.120. The first-order valence-electron chi connectivity index (χ1n) is 6.25. The highest BCUT2D eigenvalue weighted by Crippen LogP contribution is 2.06. The van der Waals surface area contributed by atoms with Gasteiger partial charge in [-0.15, -0.1) is 0 Å². The highest BCUT2D eigenvalue weighted by Gasteiger charge is 2.15. The predicted molar refractivity (Wildman–Crippen MR) is 64.2 cm³/mol. The molecule has 0 aromatic rings. The molecule has 1 aliphatic heterocycles. The van der Waals surface area contributed by atoms with Crippen molar-refractivity contribution in [3.63, 3.8) is 0 Å². The lowest BCUT2D eigenvalue weighted by atomic mass is 10.1. The summed E-state index contributed by atoms with van der Waals surface area (Å²) in [5, 5.41) is 3.49. The van der Waals surface area contributed by atoms with Gasteiger partial charge in [-0.1, -0.05) is 13.3 Å². The molecule has 0 spiro atoms. The topological polar surface area (TPSA) is 24.5 Å². The fraction of sp³-hybridized carbons (Fsp3) is 1.00. The van der Waals surface area contributed by atoms with E-state index in [2.05, 4.69) is 31.1 Å². The molecule has 0 aliphatic carbocycles. The molecular formula is C12H26N2O. The van der Waals surface area contributed by atoms with Gasteiger partial charge in [0.2, 0.25) is 0 Å². The van der Waals surface area contributed by atoms with Crippen molar-refractivity contribution in [2.24, 2.45) is 0 Å². The number of nitrogens with zero attached hydrogens (tertiary/aromatic N) is 1. The Balaban J connectivity index is 2.11. The van der Waals surface area contributed by atoms with Gasteiger partial charge in [0, 0.05) is 18.6 Å². The average Bonchev–Trinajstić information content (AvgIpc) is 2.27. The molecule has 2 atom stereocenters. The summed E-state index contributed by atoms with van der Waals surface area (Å²) in [5.41, 5.74) is 0. The minimum absolute atomic E-state index is 0.565. The number of hydrogen-bond donors (Lipinski definition) is 1. The smallest absolute Gasteiger partial charge is 0.0620 e. The van der Waals surface area contributed by atoms with Crippen LogP contribution >= 0.6 is 0 Å². The second-order valence-electron chi connectivity index (χ2n) is 4.63. The molecule has 1 N–H and O–H groups in total. The lowest BCUT2D eigenvalue weighted by Gasteiger charge is -2.29. The molecule has 3 heteroatoms. The maximum absolute atomic E-state index is 5.44. The van der Waals surface area contributed by atoms with Gasteiger partial charge in [-0.05, 0) is 33.4 Å². The minimum atomic E-state index is 0.565. The van der Waals surface area contributed by atoms with Gasteiger partial charge in [-0.25, -0.2) is 0 Å². The zero-order valence-corrected chi connectivity index (χ0v) is 10.5. The van der Waals surface area contributed by atoms with Gasteiger partial charge in [0.05, 0.1) is 13.2 Å². The lowest BCUT2D eigenvalue weighted by molar-refractivity contribution is 0.0693. The van der Waals surface area contributed by atoms with Gasteiger partial charge in [0.15, 0.2) is 0 Å². The maximum atomic E-state index is 5.44. The van der Waals surface area contributed by atoms with Gasteiger partial charge in [0.1, 0.15) is 0 Å². The Kier molecular flexibility index (Phi) is 6.22.